The maximum Gasteiger partial charge on any atom is 0.196 e. The van der Waals surface area contributed by atoms with Gasteiger partial charge in [0.2, 0.25) is 0 Å². The highest BCUT2D eigenvalue weighted by Crippen LogP contribution is 2.38. The van der Waals surface area contributed by atoms with Gasteiger partial charge in [-0.1, -0.05) is 11.6 Å². The highest BCUT2D eigenvalue weighted by Gasteiger charge is 2.20. The quantitative estimate of drug-likeness (QED) is 0.627. The van der Waals surface area contributed by atoms with Gasteiger partial charge in [0.1, 0.15) is 16.0 Å². The SMILES string of the molecule is COc1ccc(C(=O)c2ccc(Br)c(Cl)c2)c(OC)c1Br. The molecule has 0 N–H and O–H groups in total. The Morgan fingerprint density at radius 2 is 1.81 bits per heavy atom. The fourth-order valence-electron chi connectivity index (χ4n) is 1.87. The van der Waals surface area contributed by atoms with Gasteiger partial charge in [-0.3, -0.25) is 4.79 Å². The van der Waals surface area contributed by atoms with Gasteiger partial charge in [-0.05, 0) is 62.2 Å². The van der Waals surface area contributed by atoms with Gasteiger partial charge in [-0.15, -0.1) is 0 Å². The maximum atomic E-state index is 12.6. The van der Waals surface area contributed by atoms with Crippen LogP contribution in [0.4, 0.5) is 0 Å². The average Bonchev–Trinajstić information content (AvgIpc) is 2.49. The van der Waals surface area contributed by atoms with Crippen molar-refractivity contribution in [3.8, 4) is 11.5 Å². The Hall–Kier alpha value is -1.04. The van der Waals surface area contributed by atoms with E-state index in [2.05, 4.69) is 31.9 Å². The Morgan fingerprint density at radius 3 is 2.38 bits per heavy atom. The fourth-order valence-corrected chi connectivity index (χ4v) is 2.96. The van der Waals surface area contributed by atoms with Gasteiger partial charge in [0, 0.05) is 10.0 Å². The van der Waals surface area contributed by atoms with Crippen LogP contribution in [0.25, 0.3) is 0 Å². The minimum atomic E-state index is -0.176. The molecule has 2 aromatic rings. The van der Waals surface area contributed by atoms with Crippen LogP contribution in [0.5, 0.6) is 11.5 Å². The van der Waals surface area contributed by atoms with Crippen LogP contribution in [0, 0.1) is 0 Å². The molecule has 0 fully saturated rings. The van der Waals surface area contributed by atoms with Crippen molar-refractivity contribution in [2.24, 2.45) is 0 Å². The Balaban J connectivity index is 2.52. The maximum absolute atomic E-state index is 12.6. The van der Waals surface area contributed by atoms with Crippen molar-refractivity contribution in [1.29, 1.82) is 0 Å². The minimum absolute atomic E-state index is 0.176. The lowest BCUT2D eigenvalue weighted by Gasteiger charge is -2.13. The summed E-state index contributed by atoms with van der Waals surface area (Å²) in [5, 5.41) is 0.479. The van der Waals surface area contributed by atoms with Crippen molar-refractivity contribution in [2.75, 3.05) is 14.2 Å². The molecular weight excluding hydrogens is 423 g/mol. The van der Waals surface area contributed by atoms with Gasteiger partial charge in [-0.25, -0.2) is 0 Å². The Kier molecular flexibility index (Phi) is 5.30. The molecule has 0 atom stereocenters. The van der Waals surface area contributed by atoms with Crippen LogP contribution in [0.15, 0.2) is 39.3 Å². The summed E-state index contributed by atoms with van der Waals surface area (Å²) in [6.07, 6.45) is 0. The van der Waals surface area contributed by atoms with E-state index in [0.29, 0.717) is 32.1 Å². The van der Waals surface area contributed by atoms with Crippen molar-refractivity contribution in [2.45, 2.75) is 0 Å². The summed E-state index contributed by atoms with van der Waals surface area (Å²) in [5.41, 5.74) is 0.919. The summed E-state index contributed by atoms with van der Waals surface area (Å²) in [6, 6.07) is 8.43. The van der Waals surface area contributed by atoms with Crippen molar-refractivity contribution in [3.63, 3.8) is 0 Å². The third-order valence-electron chi connectivity index (χ3n) is 2.91. The van der Waals surface area contributed by atoms with Crippen molar-refractivity contribution >= 4 is 49.2 Å². The molecule has 6 heteroatoms. The number of hydrogen-bond acceptors (Lipinski definition) is 3. The van der Waals surface area contributed by atoms with Crippen molar-refractivity contribution < 1.29 is 14.3 Å². The lowest BCUT2D eigenvalue weighted by molar-refractivity contribution is 0.103. The zero-order chi connectivity index (χ0) is 15.6. The standard InChI is InChI=1S/C15H11Br2ClO3/c1-20-12-6-4-9(15(21-2)13(12)17)14(19)8-3-5-10(16)11(18)7-8/h3-7H,1-2H3. The topological polar surface area (TPSA) is 35.5 Å². The highest BCUT2D eigenvalue weighted by atomic mass is 79.9. The summed E-state index contributed by atoms with van der Waals surface area (Å²) in [6.45, 7) is 0. The Morgan fingerprint density at radius 1 is 1.10 bits per heavy atom. The summed E-state index contributed by atoms with van der Waals surface area (Å²) >= 11 is 12.7. The van der Waals surface area contributed by atoms with E-state index >= 15 is 0 Å². The number of methoxy groups -OCH3 is 2. The van der Waals surface area contributed by atoms with Gasteiger partial charge in [-0.2, -0.15) is 0 Å². The highest BCUT2D eigenvalue weighted by molar-refractivity contribution is 9.11. The number of ketones is 1. The molecule has 3 nitrogen and oxygen atoms in total. The fraction of sp³-hybridized carbons (Fsp3) is 0.133. The first kappa shape index (κ1) is 16.3. The summed E-state index contributed by atoms with van der Waals surface area (Å²) in [4.78, 5) is 12.6. The molecule has 0 saturated heterocycles. The molecule has 21 heavy (non-hydrogen) atoms. The normalized spacial score (nSPS) is 10.3. The van der Waals surface area contributed by atoms with Crippen LogP contribution >= 0.6 is 43.5 Å². The molecule has 0 spiro atoms. The van der Waals surface area contributed by atoms with Crippen LogP contribution in [0.3, 0.4) is 0 Å². The van der Waals surface area contributed by atoms with Crippen molar-refractivity contribution in [3.05, 3.63) is 55.4 Å². The predicted octanol–water partition coefficient (Wildman–Crippen LogP) is 5.11. The van der Waals surface area contributed by atoms with Crippen molar-refractivity contribution in [1.82, 2.24) is 0 Å². The Bertz CT molecular complexity index is 702. The number of rotatable bonds is 4. The van der Waals surface area contributed by atoms with Crippen LogP contribution in [-0.4, -0.2) is 20.0 Å². The van der Waals surface area contributed by atoms with Crippen LogP contribution < -0.4 is 9.47 Å². The van der Waals surface area contributed by atoms with E-state index < -0.39 is 0 Å². The molecule has 0 amide bonds. The second-order valence-corrected chi connectivity index (χ2v) is 6.18. The van der Waals surface area contributed by atoms with E-state index in [1.165, 1.54) is 7.11 Å². The first-order valence-corrected chi connectivity index (χ1v) is 7.86. The zero-order valence-corrected chi connectivity index (χ0v) is 15.2. The molecule has 0 unspecified atom stereocenters. The van der Waals surface area contributed by atoms with E-state index in [-0.39, 0.29) is 5.78 Å². The van der Waals surface area contributed by atoms with Gasteiger partial charge < -0.3 is 9.47 Å². The molecule has 0 aliphatic rings. The zero-order valence-electron chi connectivity index (χ0n) is 11.2. The first-order valence-electron chi connectivity index (χ1n) is 5.89. The van der Waals surface area contributed by atoms with Gasteiger partial charge in [0.25, 0.3) is 0 Å². The van der Waals surface area contributed by atoms with Gasteiger partial charge >= 0.3 is 0 Å². The third kappa shape index (κ3) is 3.25. The monoisotopic (exact) mass is 432 g/mol. The molecule has 0 bridgehead atoms. The molecule has 0 aliphatic heterocycles. The summed E-state index contributed by atoms with van der Waals surface area (Å²) in [5.74, 6) is 0.847. The molecule has 2 aromatic carbocycles. The number of carbonyl (C=O) groups is 1. The number of carbonyl (C=O) groups excluding carboxylic acids is 1. The lowest BCUT2D eigenvalue weighted by atomic mass is 10.0. The molecule has 0 heterocycles. The number of hydrogen-bond donors (Lipinski definition) is 0. The molecular formula is C15H11Br2ClO3. The molecule has 0 aromatic heterocycles. The van der Waals surface area contributed by atoms with Crippen LogP contribution in [-0.2, 0) is 0 Å². The Labute approximate surface area is 144 Å². The van der Waals surface area contributed by atoms with E-state index in [1.54, 1.807) is 37.4 Å². The number of benzene rings is 2. The molecule has 0 aliphatic carbocycles. The smallest absolute Gasteiger partial charge is 0.196 e. The van der Waals surface area contributed by atoms with Gasteiger partial charge in [0.05, 0.1) is 24.8 Å². The van der Waals surface area contributed by atoms with Gasteiger partial charge in [0.15, 0.2) is 5.78 Å². The largest absolute Gasteiger partial charge is 0.495 e. The molecule has 0 saturated carbocycles. The third-order valence-corrected chi connectivity index (χ3v) is 4.90. The second kappa shape index (κ2) is 6.81. The lowest BCUT2D eigenvalue weighted by Crippen LogP contribution is -2.05. The predicted molar refractivity (Wildman–Crippen MR) is 89.8 cm³/mol. The van der Waals surface area contributed by atoms with E-state index in [1.807, 2.05) is 0 Å². The number of halogens is 3. The summed E-state index contributed by atoms with van der Waals surface area (Å²) < 4.78 is 11.9. The van der Waals surface area contributed by atoms with E-state index in [0.717, 1.165) is 4.47 Å². The van der Waals surface area contributed by atoms with Crippen LogP contribution in [0.1, 0.15) is 15.9 Å². The molecule has 2 rings (SSSR count). The molecule has 110 valence electrons. The van der Waals surface area contributed by atoms with Crippen LogP contribution in [0.2, 0.25) is 5.02 Å². The molecule has 0 radical (unpaired) electrons. The minimum Gasteiger partial charge on any atom is -0.495 e. The van der Waals surface area contributed by atoms with E-state index in [4.69, 9.17) is 21.1 Å². The summed E-state index contributed by atoms with van der Waals surface area (Å²) in [7, 11) is 3.06. The second-order valence-electron chi connectivity index (χ2n) is 4.12. The number of ether oxygens (including phenoxy) is 2. The average molecular weight is 435 g/mol. The van der Waals surface area contributed by atoms with E-state index in [9.17, 15) is 4.79 Å². The first-order chi connectivity index (χ1) is 9.99.